The average molecular weight is 377 g/mol. The van der Waals surface area contributed by atoms with Gasteiger partial charge in [-0.05, 0) is 26.0 Å². The number of hydrogen-bond acceptors (Lipinski definition) is 3. The third-order valence-corrected chi connectivity index (χ3v) is 5.69. The number of hydrogen-bond donors (Lipinski definition) is 2. The molecule has 1 aromatic carbocycles. The van der Waals surface area contributed by atoms with E-state index < -0.39 is 21.2 Å². The van der Waals surface area contributed by atoms with Crippen molar-refractivity contribution < 1.29 is 26.3 Å². The Balaban J connectivity index is 0.00000139. The van der Waals surface area contributed by atoms with Crippen LogP contribution in [0.2, 0.25) is 0 Å². The fourth-order valence-corrected chi connectivity index (χ4v) is 3.66. The number of rotatable bonds is 5. The molecule has 0 saturated carbocycles. The van der Waals surface area contributed by atoms with Crippen molar-refractivity contribution in [3.8, 4) is 0 Å². The van der Waals surface area contributed by atoms with Crippen LogP contribution in [0.5, 0.6) is 0 Å². The average Bonchev–Trinajstić information content (AvgIpc) is 2.68. The van der Waals surface area contributed by atoms with E-state index >= 15 is 0 Å². The van der Waals surface area contributed by atoms with Gasteiger partial charge in [0.05, 0.1) is 16.1 Å². The Bertz CT molecular complexity index is 767. The summed E-state index contributed by atoms with van der Waals surface area (Å²) in [6, 6.07) is 5.10. The van der Waals surface area contributed by atoms with E-state index in [-0.39, 0.29) is 11.2 Å². The highest BCUT2D eigenvalue weighted by molar-refractivity contribution is 7.85. The number of benzene rings is 1. The molecule has 8 heteroatoms. The van der Waals surface area contributed by atoms with E-state index in [4.69, 9.17) is 4.55 Å². The Labute approximate surface area is 146 Å². The van der Waals surface area contributed by atoms with Gasteiger partial charge in [0, 0.05) is 25.0 Å². The molecule has 1 heterocycles. The second-order valence-corrected chi connectivity index (χ2v) is 8.47. The van der Waals surface area contributed by atoms with Crippen LogP contribution in [-0.4, -0.2) is 44.3 Å². The zero-order valence-electron chi connectivity index (χ0n) is 14.7. The molecule has 1 aliphatic rings. The summed E-state index contributed by atoms with van der Waals surface area (Å²) in [7, 11) is -3.97. The first-order valence-electron chi connectivity index (χ1n) is 7.86. The van der Waals surface area contributed by atoms with Crippen LogP contribution < -0.4 is 0 Å². The van der Waals surface area contributed by atoms with Gasteiger partial charge < -0.3 is 4.55 Å². The van der Waals surface area contributed by atoms with Crippen LogP contribution in [0.25, 0.3) is 0 Å². The number of fused-ring (bicyclic) bond motifs is 1. The van der Waals surface area contributed by atoms with Gasteiger partial charge in [0.25, 0.3) is 10.1 Å². The van der Waals surface area contributed by atoms with Gasteiger partial charge in [0.15, 0.2) is 16.8 Å². The molecule has 0 spiro atoms. The van der Waals surface area contributed by atoms with Crippen molar-refractivity contribution in [2.24, 2.45) is 0 Å². The van der Waals surface area contributed by atoms with Gasteiger partial charge in [-0.3, -0.25) is 4.55 Å². The summed E-state index contributed by atoms with van der Waals surface area (Å²) in [5.41, 5.74) is 2.59. The Kier molecular flexibility index (Phi) is 6.86. The largest absolute Gasteiger partial charge is 0.302 e. The Morgan fingerprint density at radius 3 is 2.33 bits per heavy atom. The zero-order valence-corrected chi connectivity index (χ0v) is 16.4. The molecule has 24 heavy (non-hydrogen) atoms. The summed E-state index contributed by atoms with van der Waals surface area (Å²) in [4.78, 5) is 0.347. The summed E-state index contributed by atoms with van der Waals surface area (Å²) in [5, 5.41) is 0. The van der Waals surface area contributed by atoms with E-state index in [1.807, 2.05) is 39.2 Å². The molecule has 0 amide bonds. The lowest BCUT2D eigenvalue weighted by Gasteiger charge is -2.15. The quantitative estimate of drug-likeness (QED) is 0.468. The summed E-state index contributed by atoms with van der Waals surface area (Å²) in [6.45, 7) is 10.5. The highest BCUT2D eigenvalue weighted by Crippen LogP contribution is 2.40. The van der Waals surface area contributed by atoms with E-state index in [1.165, 1.54) is 0 Å². The zero-order chi connectivity index (χ0) is 18.7. The van der Waals surface area contributed by atoms with E-state index in [2.05, 4.69) is 0 Å². The normalized spacial score (nSPS) is 17.1. The molecule has 0 radical (unpaired) electrons. The summed E-state index contributed by atoms with van der Waals surface area (Å²) >= 11 is -2.03. The van der Waals surface area contributed by atoms with E-state index in [0.717, 1.165) is 17.0 Å². The van der Waals surface area contributed by atoms with Crippen molar-refractivity contribution in [1.82, 2.24) is 0 Å². The van der Waals surface area contributed by atoms with Crippen molar-refractivity contribution in [2.45, 2.75) is 51.3 Å². The minimum Gasteiger partial charge on any atom is -0.302 e. The van der Waals surface area contributed by atoms with Crippen molar-refractivity contribution in [1.29, 1.82) is 0 Å². The third-order valence-electron chi connectivity index (χ3n) is 4.23. The van der Waals surface area contributed by atoms with Crippen LogP contribution in [0.15, 0.2) is 23.1 Å². The minimum absolute atomic E-state index is 0.286. The SMILES string of the molecule is CC.CC1=[N+](CCCS(=O)(=O)O)c2ccc(S(=O)O)cc2C1(C)C. The molecule has 0 aromatic heterocycles. The minimum atomic E-state index is -3.97. The van der Waals surface area contributed by atoms with Crippen molar-refractivity contribution >= 4 is 32.6 Å². The lowest BCUT2D eigenvalue weighted by molar-refractivity contribution is -0.438. The second kappa shape index (κ2) is 7.86. The van der Waals surface area contributed by atoms with Crippen LogP contribution >= 0.6 is 0 Å². The highest BCUT2D eigenvalue weighted by atomic mass is 32.2. The molecule has 1 atom stereocenters. The van der Waals surface area contributed by atoms with Gasteiger partial charge in [-0.25, -0.2) is 4.21 Å². The Morgan fingerprint density at radius 1 is 1.25 bits per heavy atom. The molecular weight excluding hydrogens is 350 g/mol. The van der Waals surface area contributed by atoms with Gasteiger partial charge >= 0.3 is 0 Å². The molecule has 0 aliphatic carbocycles. The maximum absolute atomic E-state index is 11.3. The van der Waals surface area contributed by atoms with Gasteiger partial charge in [-0.15, -0.1) is 0 Å². The van der Waals surface area contributed by atoms with Crippen LogP contribution in [0.3, 0.4) is 0 Å². The lowest BCUT2D eigenvalue weighted by atomic mass is 9.82. The first kappa shape index (κ1) is 21.0. The monoisotopic (exact) mass is 376 g/mol. The standard InChI is InChI=1S/C14H19NO5S2.C2H6/c1-10-14(2,3)12-9-11(21(16)17)5-6-13(12)15(10)7-4-8-22(18,19)20;1-2/h5-6,9H,4,7-8H2,1-3H3,(H-,16,17,18,19,20);1-2H3/p+1. The van der Waals surface area contributed by atoms with Crippen molar-refractivity contribution in [3.05, 3.63) is 23.8 Å². The molecule has 0 bridgehead atoms. The third kappa shape index (κ3) is 4.50. The fourth-order valence-electron chi connectivity index (χ4n) is 2.77. The Hall–Kier alpha value is -1.09. The molecule has 6 nitrogen and oxygen atoms in total. The first-order valence-corrected chi connectivity index (χ1v) is 10.6. The van der Waals surface area contributed by atoms with Crippen LogP contribution in [-0.2, 0) is 26.6 Å². The number of nitrogens with zero attached hydrogens (tertiary/aromatic N) is 1. The predicted octanol–water partition coefficient (Wildman–Crippen LogP) is 2.97. The molecule has 1 aromatic rings. The molecular formula is C16H26NO5S2+. The molecule has 1 aliphatic heterocycles. The maximum atomic E-state index is 11.3. The Morgan fingerprint density at radius 2 is 1.83 bits per heavy atom. The van der Waals surface area contributed by atoms with Crippen molar-refractivity contribution in [2.75, 3.05) is 12.3 Å². The highest BCUT2D eigenvalue weighted by Gasteiger charge is 2.43. The predicted molar refractivity (Wildman–Crippen MR) is 96.4 cm³/mol. The summed E-state index contributed by atoms with van der Waals surface area (Å²) in [5.74, 6) is -0.286. The van der Waals surface area contributed by atoms with E-state index in [9.17, 15) is 17.2 Å². The molecule has 136 valence electrons. The summed E-state index contributed by atoms with van der Waals surface area (Å²) in [6.07, 6.45) is 0.305. The fraction of sp³-hybridized carbons (Fsp3) is 0.562. The van der Waals surface area contributed by atoms with Gasteiger partial charge in [0.1, 0.15) is 6.54 Å². The molecule has 1 unspecified atom stereocenters. The first-order chi connectivity index (χ1) is 11.0. The maximum Gasteiger partial charge on any atom is 0.265 e. The van der Waals surface area contributed by atoms with Crippen molar-refractivity contribution in [3.63, 3.8) is 0 Å². The molecule has 2 rings (SSSR count). The molecule has 0 fully saturated rings. The van der Waals surface area contributed by atoms with Gasteiger partial charge in [0.2, 0.25) is 5.69 Å². The molecule has 2 N–H and O–H groups in total. The smallest absolute Gasteiger partial charge is 0.265 e. The van der Waals surface area contributed by atoms with E-state index in [1.54, 1.807) is 18.2 Å². The topological polar surface area (TPSA) is 94.7 Å². The van der Waals surface area contributed by atoms with Crippen LogP contribution in [0, 0.1) is 0 Å². The lowest BCUT2D eigenvalue weighted by Crippen LogP contribution is -2.27. The van der Waals surface area contributed by atoms with E-state index in [0.29, 0.717) is 17.9 Å². The molecule has 0 saturated heterocycles. The van der Waals surface area contributed by atoms with Crippen LogP contribution in [0.4, 0.5) is 5.69 Å². The van der Waals surface area contributed by atoms with Gasteiger partial charge in [-0.2, -0.15) is 13.0 Å². The van der Waals surface area contributed by atoms with Gasteiger partial charge in [-0.1, -0.05) is 13.8 Å². The summed E-state index contributed by atoms with van der Waals surface area (Å²) < 4.78 is 53.0. The van der Waals surface area contributed by atoms with Crippen LogP contribution in [0.1, 0.15) is 46.6 Å². The second-order valence-electron chi connectivity index (χ2n) is 5.93.